The Morgan fingerprint density at radius 3 is 2.95 bits per heavy atom. The van der Waals surface area contributed by atoms with E-state index in [0.29, 0.717) is 16.5 Å². The molecular weight excluding hydrogens is 356 g/mol. The number of anilines is 2. The van der Waals surface area contributed by atoms with Crippen molar-refractivity contribution in [3.05, 3.63) is 45.8 Å². The Morgan fingerprint density at radius 2 is 2.19 bits per heavy atom. The van der Waals surface area contributed by atoms with Crippen molar-refractivity contribution in [3.8, 4) is 0 Å². The van der Waals surface area contributed by atoms with E-state index in [-0.39, 0.29) is 11.6 Å². The Kier molecular flexibility index (Phi) is 5.52. The molecule has 21 heavy (non-hydrogen) atoms. The fraction of sp³-hybridized carbons (Fsp3) is 0.214. The third kappa shape index (κ3) is 4.41. The molecule has 7 heteroatoms. The van der Waals surface area contributed by atoms with Gasteiger partial charge in [-0.05, 0) is 24.6 Å². The predicted molar refractivity (Wildman–Crippen MR) is 87.9 cm³/mol. The molecule has 0 saturated heterocycles. The lowest BCUT2D eigenvalue weighted by Gasteiger charge is -2.08. The van der Waals surface area contributed by atoms with Crippen molar-refractivity contribution in [1.29, 1.82) is 0 Å². The number of benzene rings is 1. The molecular formula is C14H14BrClN4O. The molecule has 1 aromatic carbocycles. The zero-order chi connectivity index (χ0) is 15.2. The number of amides is 1. The number of halogens is 2. The van der Waals surface area contributed by atoms with Gasteiger partial charge < -0.3 is 10.6 Å². The van der Waals surface area contributed by atoms with Crippen molar-refractivity contribution in [2.45, 2.75) is 13.3 Å². The van der Waals surface area contributed by atoms with Crippen LogP contribution in [0, 0.1) is 0 Å². The molecule has 1 amide bonds. The highest BCUT2D eigenvalue weighted by atomic mass is 79.9. The van der Waals surface area contributed by atoms with Gasteiger partial charge in [-0.3, -0.25) is 9.78 Å². The number of rotatable bonds is 5. The lowest BCUT2D eigenvalue weighted by molar-refractivity contribution is 0.102. The second kappa shape index (κ2) is 7.38. The average molecular weight is 370 g/mol. The lowest BCUT2D eigenvalue weighted by atomic mass is 10.3. The maximum atomic E-state index is 12.2. The van der Waals surface area contributed by atoms with E-state index in [9.17, 15) is 4.79 Å². The Labute approximate surface area is 136 Å². The Morgan fingerprint density at radius 1 is 1.38 bits per heavy atom. The van der Waals surface area contributed by atoms with E-state index in [0.717, 1.165) is 17.4 Å². The minimum atomic E-state index is -0.359. The monoisotopic (exact) mass is 368 g/mol. The van der Waals surface area contributed by atoms with Crippen molar-refractivity contribution in [2.75, 3.05) is 17.2 Å². The summed E-state index contributed by atoms with van der Waals surface area (Å²) in [5.74, 6) is 0.215. The standard InChI is InChI=1S/C14H14BrClN4O/c1-2-5-18-13-8-17-7-12(19-13)14(21)20-11-6-9(15)3-4-10(11)16/h3-4,6-8H,2,5H2,1H3,(H,18,19)(H,20,21). The molecule has 0 unspecified atom stereocenters. The highest BCUT2D eigenvalue weighted by Crippen LogP contribution is 2.26. The van der Waals surface area contributed by atoms with E-state index in [4.69, 9.17) is 11.6 Å². The molecule has 0 bridgehead atoms. The molecule has 0 radical (unpaired) electrons. The van der Waals surface area contributed by atoms with Gasteiger partial charge in [0.1, 0.15) is 11.5 Å². The van der Waals surface area contributed by atoms with E-state index in [1.807, 2.05) is 6.92 Å². The first kappa shape index (κ1) is 15.7. The van der Waals surface area contributed by atoms with Gasteiger partial charge in [-0.15, -0.1) is 0 Å². The first-order valence-electron chi connectivity index (χ1n) is 6.42. The predicted octanol–water partition coefficient (Wildman–Crippen LogP) is 3.97. The number of nitrogens with one attached hydrogen (secondary N) is 2. The fourth-order valence-corrected chi connectivity index (χ4v) is 2.12. The van der Waals surface area contributed by atoms with E-state index in [1.54, 1.807) is 24.4 Å². The fourth-order valence-electron chi connectivity index (χ4n) is 1.59. The highest BCUT2D eigenvalue weighted by Gasteiger charge is 2.11. The lowest BCUT2D eigenvalue weighted by Crippen LogP contribution is -2.15. The summed E-state index contributed by atoms with van der Waals surface area (Å²) in [6.45, 7) is 2.82. The Bertz CT molecular complexity index is 651. The van der Waals surface area contributed by atoms with E-state index in [1.165, 1.54) is 6.20 Å². The number of carbonyl (C=O) groups is 1. The summed E-state index contributed by atoms with van der Waals surface area (Å²) < 4.78 is 0.826. The van der Waals surface area contributed by atoms with Crippen molar-refractivity contribution in [2.24, 2.45) is 0 Å². The normalized spacial score (nSPS) is 10.2. The van der Waals surface area contributed by atoms with Crippen LogP contribution in [0.4, 0.5) is 11.5 Å². The summed E-state index contributed by atoms with van der Waals surface area (Å²) in [6, 6.07) is 5.23. The quantitative estimate of drug-likeness (QED) is 0.837. The summed E-state index contributed by atoms with van der Waals surface area (Å²) in [4.78, 5) is 20.4. The van der Waals surface area contributed by atoms with Crippen LogP contribution in [0.3, 0.4) is 0 Å². The third-order valence-corrected chi connectivity index (χ3v) is 3.42. The molecule has 1 aromatic heterocycles. The van der Waals surface area contributed by atoms with Crippen LogP contribution in [-0.2, 0) is 0 Å². The first-order valence-corrected chi connectivity index (χ1v) is 7.59. The number of hydrogen-bond donors (Lipinski definition) is 2. The third-order valence-electron chi connectivity index (χ3n) is 2.60. The largest absolute Gasteiger partial charge is 0.369 e. The SMILES string of the molecule is CCCNc1cncc(C(=O)Nc2cc(Br)ccc2Cl)n1. The minimum Gasteiger partial charge on any atom is -0.369 e. The van der Waals surface area contributed by atoms with Crippen LogP contribution >= 0.6 is 27.5 Å². The first-order chi connectivity index (χ1) is 10.1. The average Bonchev–Trinajstić information content (AvgIpc) is 2.49. The zero-order valence-corrected chi connectivity index (χ0v) is 13.7. The van der Waals surface area contributed by atoms with Crippen LogP contribution in [0.5, 0.6) is 0 Å². The molecule has 0 atom stereocenters. The maximum absolute atomic E-state index is 12.2. The molecule has 2 aromatic rings. The number of nitrogens with zero attached hydrogens (tertiary/aromatic N) is 2. The molecule has 2 N–H and O–H groups in total. The van der Waals surface area contributed by atoms with Crippen molar-refractivity contribution in [1.82, 2.24) is 9.97 Å². The number of hydrogen-bond acceptors (Lipinski definition) is 4. The van der Waals surface area contributed by atoms with Gasteiger partial charge in [0.25, 0.3) is 5.91 Å². The molecule has 0 aliphatic carbocycles. The molecule has 2 rings (SSSR count). The van der Waals surface area contributed by atoms with E-state index in [2.05, 4.69) is 36.5 Å². The summed E-state index contributed by atoms with van der Waals surface area (Å²) in [6.07, 6.45) is 3.96. The van der Waals surface area contributed by atoms with Gasteiger partial charge in [0.15, 0.2) is 0 Å². The highest BCUT2D eigenvalue weighted by molar-refractivity contribution is 9.10. The molecule has 5 nitrogen and oxygen atoms in total. The molecule has 110 valence electrons. The van der Waals surface area contributed by atoms with Gasteiger partial charge in [0.2, 0.25) is 0 Å². The summed E-state index contributed by atoms with van der Waals surface area (Å²) >= 11 is 9.38. The van der Waals surface area contributed by atoms with Crippen LogP contribution < -0.4 is 10.6 Å². The van der Waals surface area contributed by atoms with Gasteiger partial charge >= 0.3 is 0 Å². The topological polar surface area (TPSA) is 66.9 Å². The summed E-state index contributed by atoms with van der Waals surface area (Å²) in [7, 11) is 0. The summed E-state index contributed by atoms with van der Waals surface area (Å²) in [5, 5.41) is 6.26. The van der Waals surface area contributed by atoms with Crippen LogP contribution in [-0.4, -0.2) is 22.4 Å². The molecule has 0 fully saturated rings. The second-order valence-corrected chi connectivity index (χ2v) is 5.62. The van der Waals surface area contributed by atoms with Gasteiger partial charge in [-0.25, -0.2) is 4.98 Å². The van der Waals surface area contributed by atoms with Gasteiger partial charge in [-0.2, -0.15) is 0 Å². The smallest absolute Gasteiger partial charge is 0.275 e. The van der Waals surface area contributed by atoms with Gasteiger partial charge in [0, 0.05) is 11.0 Å². The van der Waals surface area contributed by atoms with Crippen molar-refractivity contribution < 1.29 is 4.79 Å². The number of aromatic nitrogens is 2. The second-order valence-electron chi connectivity index (χ2n) is 4.29. The van der Waals surface area contributed by atoms with Crippen LogP contribution in [0.25, 0.3) is 0 Å². The molecule has 0 saturated carbocycles. The number of carbonyl (C=O) groups excluding carboxylic acids is 1. The Hall–Kier alpha value is -1.66. The van der Waals surface area contributed by atoms with Crippen LogP contribution in [0.15, 0.2) is 35.1 Å². The minimum absolute atomic E-state index is 0.229. The van der Waals surface area contributed by atoms with Crippen molar-refractivity contribution >= 4 is 44.9 Å². The molecule has 0 aliphatic heterocycles. The van der Waals surface area contributed by atoms with Gasteiger partial charge in [-0.1, -0.05) is 34.5 Å². The molecule has 1 heterocycles. The zero-order valence-electron chi connectivity index (χ0n) is 11.4. The van der Waals surface area contributed by atoms with Crippen molar-refractivity contribution in [3.63, 3.8) is 0 Å². The van der Waals surface area contributed by atoms with Crippen LogP contribution in [0.2, 0.25) is 5.02 Å². The molecule has 0 aliphatic rings. The maximum Gasteiger partial charge on any atom is 0.275 e. The van der Waals surface area contributed by atoms with Crippen LogP contribution in [0.1, 0.15) is 23.8 Å². The summed E-state index contributed by atoms with van der Waals surface area (Å²) in [5.41, 5.74) is 0.747. The van der Waals surface area contributed by atoms with Gasteiger partial charge in [0.05, 0.1) is 23.1 Å². The Balaban J connectivity index is 2.14. The van der Waals surface area contributed by atoms with E-state index < -0.39 is 0 Å². The molecule has 0 spiro atoms. The van der Waals surface area contributed by atoms with E-state index >= 15 is 0 Å².